The molecule has 1 nitrogen and oxygen atoms in total. The second-order valence-electron chi connectivity index (χ2n) is 2.42. The first-order valence-corrected chi connectivity index (χ1v) is 4.49. The van der Waals surface area contributed by atoms with Crippen molar-refractivity contribution in [2.45, 2.75) is 6.18 Å². The van der Waals surface area contributed by atoms with Crippen LogP contribution in [0.4, 0.5) is 13.2 Å². The van der Waals surface area contributed by atoms with Gasteiger partial charge in [-0.15, -0.1) is 0 Å². The van der Waals surface area contributed by atoms with Crippen LogP contribution >= 0.6 is 27.5 Å². The van der Waals surface area contributed by atoms with Crippen molar-refractivity contribution in [2.24, 2.45) is 0 Å². The fourth-order valence-electron chi connectivity index (χ4n) is 0.852. The summed E-state index contributed by atoms with van der Waals surface area (Å²) in [6, 6.07) is 3.36. The van der Waals surface area contributed by atoms with Crippen molar-refractivity contribution < 1.29 is 13.2 Å². The topological polar surface area (TPSA) is 23.8 Å². The first-order chi connectivity index (χ1) is 6.36. The molecule has 0 spiro atoms. The highest BCUT2D eigenvalue weighted by atomic mass is 79.9. The number of hydrogen-bond acceptors (Lipinski definition) is 1. The predicted molar refractivity (Wildman–Crippen MR) is 48.9 cm³/mol. The van der Waals surface area contributed by atoms with Gasteiger partial charge in [0.15, 0.2) is 0 Å². The lowest BCUT2D eigenvalue weighted by Crippen LogP contribution is -2.06. The summed E-state index contributed by atoms with van der Waals surface area (Å²) in [7, 11) is 0. The van der Waals surface area contributed by atoms with Crippen LogP contribution in [0.5, 0.6) is 0 Å². The third-order valence-electron chi connectivity index (χ3n) is 1.48. The first-order valence-electron chi connectivity index (χ1n) is 3.32. The Labute approximate surface area is 91.2 Å². The molecule has 0 saturated heterocycles. The third-order valence-corrected chi connectivity index (χ3v) is 2.45. The molecule has 0 N–H and O–H groups in total. The van der Waals surface area contributed by atoms with Gasteiger partial charge in [-0.2, -0.15) is 18.4 Å². The van der Waals surface area contributed by atoms with Crippen molar-refractivity contribution in [3.8, 4) is 6.07 Å². The number of halogens is 5. The molecule has 1 aromatic carbocycles. The van der Waals surface area contributed by atoms with Gasteiger partial charge in [-0.25, -0.2) is 0 Å². The van der Waals surface area contributed by atoms with E-state index in [4.69, 9.17) is 16.9 Å². The van der Waals surface area contributed by atoms with Crippen LogP contribution in [-0.4, -0.2) is 0 Å². The Morgan fingerprint density at radius 3 is 2.36 bits per heavy atom. The quantitative estimate of drug-likeness (QED) is 0.706. The zero-order chi connectivity index (χ0) is 10.9. The summed E-state index contributed by atoms with van der Waals surface area (Å²) < 4.78 is 36.8. The van der Waals surface area contributed by atoms with E-state index in [0.717, 1.165) is 6.07 Å². The van der Waals surface area contributed by atoms with Gasteiger partial charge in [0.2, 0.25) is 0 Å². The fourth-order valence-corrected chi connectivity index (χ4v) is 1.76. The maximum Gasteiger partial charge on any atom is 0.417 e. The van der Waals surface area contributed by atoms with E-state index in [2.05, 4.69) is 15.9 Å². The van der Waals surface area contributed by atoms with Crippen LogP contribution in [0, 0.1) is 11.3 Å². The maximum atomic E-state index is 12.3. The molecule has 0 heterocycles. The lowest BCUT2D eigenvalue weighted by molar-refractivity contribution is -0.138. The molecule has 0 bridgehead atoms. The van der Waals surface area contributed by atoms with Crippen LogP contribution in [0.15, 0.2) is 16.6 Å². The van der Waals surface area contributed by atoms with E-state index in [0.29, 0.717) is 6.07 Å². The van der Waals surface area contributed by atoms with Gasteiger partial charge < -0.3 is 0 Å². The van der Waals surface area contributed by atoms with Crippen LogP contribution in [0.3, 0.4) is 0 Å². The Hall–Kier alpha value is -0.730. The summed E-state index contributed by atoms with van der Waals surface area (Å²) in [6.45, 7) is 0. The van der Waals surface area contributed by atoms with Gasteiger partial charge in [0.1, 0.15) is 6.07 Å². The SMILES string of the molecule is N#Cc1cc(C(F)(F)F)c(Br)cc1Cl. The molecule has 0 atom stereocenters. The van der Waals surface area contributed by atoms with Crippen LogP contribution in [0.1, 0.15) is 11.1 Å². The van der Waals surface area contributed by atoms with Crippen LogP contribution < -0.4 is 0 Å². The van der Waals surface area contributed by atoms with Gasteiger partial charge in [-0.1, -0.05) is 27.5 Å². The molecule has 0 aliphatic heterocycles. The monoisotopic (exact) mass is 283 g/mol. The zero-order valence-electron chi connectivity index (χ0n) is 6.49. The Morgan fingerprint density at radius 1 is 1.36 bits per heavy atom. The molecule has 0 aromatic heterocycles. The lowest BCUT2D eigenvalue weighted by atomic mass is 10.1. The van der Waals surface area contributed by atoms with Gasteiger partial charge in [-0.05, 0) is 12.1 Å². The van der Waals surface area contributed by atoms with E-state index >= 15 is 0 Å². The molecule has 0 amide bonds. The highest BCUT2D eigenvalue weighted by Gasteiger charge is 2.33. The Kier molecular flexibility index (Phi) is 3.07. The average molecular weight is 284 g/mol. The minimum Gasteiger partial charge on any atom is -0.192 e. The number of nitrogens with zero attached hydrogens (tertiary/aromatic N) is 1. The van der Waals surface area contributed by atoms with Crippen LogP contribution in [-0.2, 0) is 6.18 Å². The molecule has 74 valence electrons. The van der Waals surface area contributed by atoms with Gasteiger partial charge >= 0.3 is 6.18 Å². The fraction of sp³-hybridized carbons (Fsp3) is 0.125. The molecule has 0 saturated carbocycles. The molecule has 0 unspecified atom stereocenters. The highest BCUT2D eigenvalue weighted by Crippen LogP contribution is 2.37. The summed E-state index contributed by atoms with van der Waals surface area (Å²) in [5, 5.41) is 8.48. The van der Waals surface area contributed by atoms with E-state index in [-0.39, 0.29) is 15.1 Å². The van der Waals surface area contributed by atoms with E-state index in [1.807, 2.05) is 0 Å². The largest absolute Gasteiger partial charge is 0.417 e. The Balaban J connectivity index is 3.41. The molecule has 0 aliphatic rings. The molecule has 1 rings (SSSR count). The highest BCUT2D eigenvalue weighted by molar-refractivity contribution is 9.10. The standard InChI is InChI=1S/C8H2BrClF3N/c9-6-2-7(10)4(3-14)1-5(6)8(11,12)13/h1-2H. The first kappa shape index (κ1) is 11.3. The van der Waals surface area contributed by atoms with Crippen LogP contribution in [0.2, 0.25) is 5.02 Å². The van der Waals surface area contributed by atoms with Gasteiger partial charge in [0.25, 0.3) is 0 Å². The van der Waals surface area contributed by atoms with Gasteiger partial charge in [0.05, 0.1) is 16.1 Å². The summed E-state index contributed by atoms with van der Waals surface area (Å²) in [6.07, 6.45) is -4.49. The van der Waals surface area contributed by atoms with Crippen molar-refractivity contribution in [2.75, 3.05) is 0 Å². The van der Waals surface area contributed by atoms with E-state index < -0.39 is 11.7 Å². The maximum absolute atomic E-state index is 12.3. The molecule has 14 heavy (non-hydrogen) atoms. The van der Waals surface area contributed by atoms with E-state index in [1.54, 1.807) is 6.07 Å². The summed E-state index contributed by atoms with van der Waals surface area (Å²) in [4.78, 5) is 0. The predicted octanol–water partition coefficient (Wildman–Crippen LogP) is 3.99. The van der Waals surface area contributed by atoms with Crippen molar-refractivity contribution in [3.63, 3.8) is 0 Å². The summed E-state index contributed by atoms with van der Waals surface area (Å²) >= 11 is 8.26. The van der Waals surface area contributed by atoms with Crippen molar-refractivity contribution in [1.29, 1.82) is 5.26 Å². The number of alkyl halides is 3. The summed E-state index contributed by atoms with van der Waals surface area (Å²) in [5.41, 5.74) is -1.10. The Morgan fingerprint density at radius 2 is 1.93 bits per heavy atom. The lowest BCUT2D eigenvalue weighted by Gasteiger charge is -2.09. The number of benzene rings is 1. The number of hydrogen-bond donors (Lipinski definition) is 0. The van der Waals surface area contributed by atoms with Crippen molar-refractivity contribution >= 4 is 27.5 Å². The van der Waals surface area contributed by atoms with Crippen molar-refractivity contribution in [1.82, 2.24) is 0 Å². The van der Waals surface area contributed by atoms with E-state index in [1.165, 1.54) is 0 Å². The smallest absolute Gasteiger partial charge is 0.192 e. The van der Waals surface area contributed by atoms with Crippen LogP contribution in [0.25, 0.3) is 0 Å². The minimum absolute atomic E-state index is 0.00706. The average Bonchev–Trinajstić information content (AvgIpc) is 2.02. The number of rotatable bonds is 0. The minimum atomic E-state index is -4.49. The summed E-state index contributed by atoms with van der Waals surface area (Å²) in [5.74, 6) is 0. The van der Waals surface area contributed by atoms with E-state index in [9.17, 15) is 13.2 Å². The number of nitriles is 1. The molecular weight excluding hydrogens is 282 g/mol. The molecule has 0 radical (unpaired) electrons. The molecule has 1 aromatic rings. The Bertz CT molecular complexity index is 408. The molecule has 0 fully saturated rings. The van der Waals surface area contributed by atoms with Crippen molar-refractivity contribution in [3.05, 3.63) is 32.8 Å². The molecular formula is C8H2BrClF3N. The second kappa shape index (κ2) is 3.79. The second-order valence-corrected chi connectivity index (χ2v) is 3.68. The van der Waals surface area contributed by atoms with Gasteiger partial charge in [0, 0.05) is 4.47 Å². The van der Waals surface area contributed by atoms with Gasteiger partial charge in [-0.3, -0.25) is 0 Å². The molecule has 6 heteroatoms. The normalized spacial score (nSPS) is 11.1. The zero-order valence-corrected chi connectivity index (χ0v) is 8.83. The third kappa shape index (κ3) is 2.20. The molecule has 0 aliphatic carbocycles.